The van der Waals surface area contributed by atoms with Crippen LogP contribution in [0.3, 0.4) is 0 Å². The number of aromatic nitrogens is 1. The molecule has 0 saturated heterocycles. The van der Waals surface area contributed by atoms with Gasteiger partial charge in [0, 0.05) is 11.7 Å². The molecule has 2 heteroatoms. The van der Waals surface area contributed by atoms with E-state index in [-0.39, 0.29) is 6.04 Å². The van der Waals surface area contributed by atoms with Crippen molar-refractivity contribution in [3.05, 3.63) is 42.2 Å². The van der Waals surface area contributed by atoms with Crippen LogP contribution in [0.1, 0.15) is 30.3 Å². The zero-order chi connectivity index (χ0) is 9.68. The third kappa shape index (κ3) is 2.99. The van der Waals surface area contributed by atoms with Crippen molar-refractivity contribution < 1.29 is 0 Å². The fourth-order valence-corrected chi connectivity index (χ4v) is 1.22. The van der Waals surface area contributed by atoms with Gasteiger partial charge in [-0.3, -0.25) is 4.98 Å². The zero-order valence-corrected chi connectivity index (χ0v) is 8.03. The molecule has 0 fully saturated rings. The highest BCUT2D eigenvalue weighted by atomic mass is 14.8. The molecule has 0 aromatic carbocycles. The molecule has 0 radical (unpaired) electrons. The first-order valence-electron chi connectivity index (χ1n) is 4.54. The van der Waals surface area contributed by atoms with E-state index in [4.69, 9.17) is 5.73 Å². The molecule has 70 valence electrons. The Kier molecular flexibility index (Phi) is 3.65. The standard InChI is InChI=1S/C11H16N2/c1-3-4-7-10(12)11-8-5-6-9(2)13-11/h3,5-6,8,10H,1,4,7,12H2,2H3/t10-/m0/s1. The van der Waals surface area contributed by atoms with Crippen LogP contribution in [0, 0.1) is 6.92 Å². The lowest BCUT2D eigenvalue weighted by Crippen LogP contribution is -2.11. The Morgan fingerprint density at radius 3 is 3.00 bits per heavy atom. The second kappa shape index (κ2) is 4.77. The van der Waals surface area contributed by atoms with Crippen molar-refractivity contribution in [1.29, 1.82) is 0 Å². The summed E-state index contributed by atoms with van der Waals surface area (Å²) in [5.74, 6) is 0. The molecule has 1 rings (SSSR count). The minimum atomic E-state index is 0.0397. The number of nitrogens with zero attached hydrogens (tertiary/aromatic N) is 1. The van der Waals surface area contributed by atoms with E-state index < -0.39 is 0 Å². The maximum Gasteiger partial charge on any atom is 0.0574 e. The topological polar surface area (TPSA) is 38.9 Å². The van der Waals surface area contributed by atoms with Gasteiger partial charge in [-0.25, -0.2) is 0 Å². The Morgan fingerprint density at radius 1 is 1.62 bits per heavy atom. The minimum Gasteiger partial charge on any atom is -0.323 e. The van der Waals surface area contributed by atoms with Gasteiger partial charge >= 0.3 is 0 Å². The molecule has 1 atom stereocenters. The largest absolute Gasteiger partial charge is 0.323 e. The number of allylic oxidation sites excluding steroid dienone is 1. The highest BCUT2D eigenvalue weighted by Crippen LogP contribution is 2.13. The van der Waals surface area contributed by atoms with Gasteiger partial charge < -0.3 is 5.73 Å². The van der Waals surface area contributed by atoms with E-state index in [1.807, 2.05) is 31.2 Å². The molecule has 2 nitrogen and oxygen atoms in total. The molecule has 1 aromatic rings. The van der Waals surface area contributed by atoms with Crippen LogP contribution in [0.2, 0.25) is 0 Å². The number of aryl methyl sites for hydroxylation is 1. The molecular weight excluding hydrogens is 160 g/mol. The first kappa shape index (κ1) is 9.93. The Morgan fingerprint density at radius 2 is 2.38 bits per heavy atom. The average molecular weight is 176 g/mol. The number of nitrogens with two attached hydrogens (primary N) is 1. The lowest BCUT2D eigenvalue weighted by molar-refractivity contribution is 0.640. The maximum atomic E-state index is 5.94. The average Bonchev–Trinajstić information content (AvgIpc) is 2.14. The van der Waals surface area contributed by atoms with Gasteiger partial charge in [-0.2, -0.15) is 0 Å². The SMILES string of the molecule is C=CCC[C@H](N)c1cccc(C)n1. The molecular formula is C11H16N2. The van der Waals surface area contributed by atoms with Gasteiger partial charge in [0.1, 0.15) is 0 Å². The first-order valence-corrected chi connectivity index (χ1v) is 4.54. The van der Waals surface area contributed by atoms with Gasteiger partial charge in [0.2, 0.25) is 0 Å². The van der Waals surface area contributed by atoms with Crippen molar-refractivity contribution >= 4 is 0 Å². The molecule has 1 aromatic heterocycles. The summed E-state index contributed by atoms with van der Waals surface area (Å²) in [5.41, 5.74) is 7.93. The number of rotatable bonds is 4. The van der Waals surface area contributed by atoms with Gasteiger partial charge in [0.25, 0.3) is 0 Å². The fourth-order valence-electron chi connectivity index (χ4n) is 1.22. The van der Waals surface area contributed by atoms with Gasteiger partial charge in [0.05, 0.1) is 5.69 Å². The molecule has 0 aliphatic heterocycles. The highest BCUT2D eigenvalue weighted by Gasteiger charge is 2.05. The van der Waals surface area contributed by atoms with Crippen molar-refractivity contribution in [3.63, 3.8) is 0 Å². The van der Waals surface area contributed by atoms with Crippen molar-refractivity contribution in [3.8, 4) is 0 Å². The third-order valence-electron chi connectivity index (χ3n) is 1.97. The molecule has 0 saturated carbocycles. The molecule has 2 N–H and O–H groups in total. The Labute approximate surface area is 79.5 Å². The molecule has 0 unspecified atom stereocenters. The summed E-state index contributed by atoms with van der Waals surface area (Å²) in [6.45, 7) is 5.64. The number of hydrogen-bond donors (Lipinski definition) is 1. The van der Waals surface area contributed by atoms with Gasteiger partial charge in [-0.05, 0) is 31.9 Å². The third-order valence-corrected chi connectivity index (χ3v) is 1.97. The van der Waals surface area contributed by atoms with Crippen molar-refractivity contribution in [2.75, 3.05) is 0 Å². The van der Waals surface area contributed by atoms with Gasteiger partial charge in [-0.15, -0.1) is 6.58 Å². The van der Waals surface area contributed by atoms with Crippen LogP contribution in [-0.2, 0) is 0 Å². The minimum absolute atomic E-state index is 0.0397. The molecule has 0 aliphatic carbocycles. The molecule has 1 heterocycles. The summed E-state index contributed by atoms with van der Waals surface area (Å²) in [5, 5.41) is 0. The molecule has 0 bridgehead atoms. The van der Waals surface area contributed by atoms with E-state index in [0.29, 0.717) is 0 Å². The highest BCUT2D eigenvalue weighted by molar-refractivity contribution is 5.13. The summed E-state index contributed by atoms with van der Waals surface area (Å²) in [4.78, 5) is 4.37. The Bertz CT molecular complexity index is 281. The van der Waals surface area contributed by atoms with Crippen molar-refractivity contribution in [1.82, 2.24) is 4.98 Å². The number of hydrogen-bond acceptors (Lipinski definition) is 2. The van der Waals surface area contributed by atoms with Gasteiger partial charge in [-0.1, -0.05) is 12.1 Å². The van der Waals surface area contributed by atoms with Crippen LogP contribution >= 0.6 is 0 Å². The monoisotopic (exact) mass is 176 g/mol. The van der Waals surface area contributed by atoms with E-state index in [2.05, 4.69) is 11.6 Å². The molecule has 0 aliphatic rings. The van der Waals surface area contributed by atoms with Crippen LogP contribution < -0.4 is 5.73 Å². The lowest BCUT2D eigenvalue weighted by atomic mass is 10.1. The van der Waals surface area contributed by atoms with Crippen LogP contribution in [0.15, 0.2) is 30.9 Å². The van der Waals surface area contributed by atoms with E-state index in [1.54, 1.807) is 0 Å². The molecule has 0 spiro atoms. The van der Waals surface area contributed by atoms with Crippen molar-refractivity contribution in [2.24, 2.45) is 5.73 Å². The Hall–Kier alpha value is -1.15. The maximum absolute atomic E-state index is 5.94. The predicted octanol–water partition coefficient (Wildman–Crippen LogP) is 2.36. The summed E-state index contributed by atoms with van der Waals surface area (Å²) in [6, 6.07) is 5.98. The smallest absolute Gasteiger partial charge is 0.0574 e. The summed E-state index contributed by atoms with van der Waals surface area (Å²) >= 11 is 0. The summed E-state index contributed by atoms with van der Waals surface area (Å²) in [6.07, 6.45) is 3.74. The predicted molar refractivity (Wildman–Crippen MR) is 55.3 cm³/mol. The van der Waals surface area contributed by atoms with Crippen LogP contribution in [0.4, 0.5) is 0 Å². The van der Waals surface area contributed by atoms with Crippen LogP contribution in [-0.4, -0.2) is 4.98 Å². The second-order valence-corrected chi connectivity index (χ2v) is 3.18. The van der Waals surface area contributed by atoms with E-state index >= 15 is 0 Å². The summed E-state index contributed by atoms with van der Waals surface area (Å²) < 4.78 is 0. The zero-order valence-electron chi connectivity index (χ0n) is 8.03. The quantitative estimate of drug-likeness (QED) is 0.715. The number of pyridine rings is 1. The van der Waals surface area contributed by atoms with E-state index in [1.165, 1.54) is 0 Å². The first-order chi connectivity index (χ1) is 6.24. The van der Waals surface area contributed by atoms with E-state index in [0.717, 1.165) is 24.2 Å². The van der Waals surface area contributed by atoms with Crippen LogP contribution in [0.5, 0.6) is 0 Å². The fraction of sp³-hybridized carbons (Fsp3) is 0.364. The van der Waals surface area contributed by atoms with Gasteiger partial charge in [0.15, 0.2) is 0 Å². The van der Waals surface area contributed by atoms with Crippen molar-refractivity contribution in [2.45, 2.75) is 25.8 Å². The lowest BCUT2D eigenvalue weighted by Gasteiger charge is -2.09. The summed E-state index contributed by atoms with van der Waals surface area (Å²) in [7, 11) is 0. The normalized spacial score (nSPS) is 12.5. The van der Waals surface area contributed by atoms with E-state index in [9.17, 15) is 0 Å². The second-order valence-electron chi connectivity index (χ2n) is 3.18. The molecule has 0 amide bonds. The molecule has 13 heavy (non-hydrogen) atoms. The Balaban J connectivity index is 2.65. The van der Waals surface area contributed by atoms with Crippen LogP contribution in [0.25, 0.3) is 0 Å².